The van der Waals surface area contributed by atoms with Gasteiger partial charge in [0.05, 0.1) is 62.4 Å². The summed E-state index contributed by atoms with van der Waals surface area (Å²) in [5.74, 6) is 1.21. The van der Waals surface area contributed by atoms with Crippen LogP contribution in [0.25, 0.3) is 0 Å². The van der Waals surface area contributed by atoms with Crippen LogP contribution < -0.4 is 0 Å². The van der Waals surface area contributed by atoms with Crippen molar-refractivity contribution in [1.29, 1.82) is 0 Å². The molecule has 0 bridgehead atoms. The Morgan fingerprint density at radius 1 is 1.04 bits per heavy atom. The molecule has 5 aliphatic carbocycles. The Morgan fingerprint density at radius 2 is 1.76 bits per heavy atom. The van der Waals surface area contributed by atoms with Gasteiger partial charge in [0.25, 0.3) is 0 Å². The molecule has 8 aliphatic rings. The van der Waals surface area contributed by atoms with Gasteiger partial charge < -0.3 is 33.9 Å². The van der Waals surface area contributed by atoms with Crippen molar-refractivity contribution in [2.45, 2.75) is 162 Å². The van der Waals surface area contributed by atoms with E-state index >= 15 is 0 Å². The first-order valence-corrected chi connectivity index (χ1v) is 19.9. The largest absolute Gasteiger partial charge is 0.457 e. The second-order valence-corrected chi connectivity index (χ2v) is 19.6. The molecule has 14 atom stereocenters. The number of ether oxygens (including phenoxy) is 5. The molecule has 9 nitrogen and oxygen atoms in total. The predicted octanol–water partition coefficient (Wildman–Crippen LogP) is 5.33. The maximum atomic E-state index is 12.6. The third-order valence-corrected chi connectivity index (χ3v) is 16.9. The van der Waals surface area contributed by atoms with Crippen LogP contribution in [0.3, 0.4) is 0 Å². The van der Waals surface area contributed by atoms with Gasteiger partial charge in [-0.1, -0.05) is 41.5 Å². The molecule has 0 aromatic rings. The summed E-state index contributed by atoms with van der Waals surface area (Å²) in [6.45, 7) is 21.5. The lowest BCUT2D eigenvalue weighted by atomic mass is 9.41. The van der Waals surface area contributed by atoms with E-state index in [4.69, 9.17) is 23.7 Å². The molecule has 2 N–H and O–H groups in total. The maximum absolute atomic E-state index is 12.6. The zero-order chi connectivity index (χ0) is 34.9. The number of rotatable bonds is 7. The molecule has 8 fully saturated rings. The quantitative estimate of drug-likeness (QED) is 0.344. The van der Waals surface area contributed by atoms with Crippen molar-refractivity contribution in [1.82, 2.24) is 4.90 Å². The zero-order valence-electron chi connectivity index (χ0n) is 31.5. The molecule has 2 spiro atoms. The average Bonchev–Trinajstić information content (AvgIpc) is 3.64. The first-order chi connectivity index (χ1) is 23.0. The van der Waals surface area contributed by atoms with Crippen LogP contribution >= 0.6 is 0 Å². The van der Waals surface area contributed by atoms with E-state index in [2.05, 4.69) is 39.5 Å². The standard InChI is InChI=1S/C40H65NO8/c1-9-29(42)49-34(36(5,6)44)25-18-23(2)31-32(47-25)33(43)38(8)27-11-10-26-35(3,4)28(48-30-19-41(16-17-46-30)24-20-45-21-24)12-13-39(26)22-40(27,39)15-14-37(31,38)7/h23-28,30-34,43-44H,9-22H2,1-8H3/t23-,25-,26+,27+,28+,30+,31+,32+,33+,34+,37-,38-,39-,40+/m1/s1. The Kier molecular flexibility index (Phi) is 8.34. The molecule has 49 heavy (non-hydrogen) atoms. The number of esters is 1. The molecule has 0 radical (unpaired) electrons. The fourth-order valence-corrected chi connectivity index (χ4v) is 14.3. The highest BCUT2D eigenvalue weighted by Gasteiger charge is 2.84. The molecule has 3 heterocycles. The smallest absolute Gasteiger partial charge is 0.305 e. The van der Waals surface area contributed by atoms with E-state index in [0.29, 0.717) is 29.7 Å². The summed E-state index contributed by atoms with van der Waals surface area (Å²) in [7, 11) is 0. The van der Waals surface area contributed by atoms with Crippen molar-refractivity contribution in [3.8, 4) is 0 Å². The predicted molar refractivity (Wildman–Crippen MR) is 183 cm³/mol. The van der Waals surface area contributed by atoms with Crippen molar-refractivity contribution in [3.05, 3.63) is 0 Å². The van der Waals surface area contributed by atoms with Crippen LogP contribution in [-0.2, 0) is 28.5 Å². The van der Waals surface area contributed by atoms with Crippen molar-refractivity contribution in [3.63, 3.8) is 0 Å². The van der Waals surface area contributed by atoms with E-state index in [1.807, 2.05) is 0 Å². The van der Waals surface area contributed by atoms with E-state index in [1.165, 1.54) is 25.7 Å². The Morgan fingerprint density at radius 3 is 2.43 bits per heavy atom. The van der Waals surface area contributed by atoms with E-state index in [1.54, 1.807) is 20.8 Å². The molecule has 8 rings (SSSR count). The molecule has 278 valence electrons. The van der Waals surface area contributed by atoms with Gasteiger partial charge >= 0.3 is 5.97 Å². The number of hydrogen-bond donors (Lipinski definition) is 2. The first-order valence-electron chi connectivity index (χ1n) is 19.9. The summed E-state index contributed by atoms with van der Waals surface area (Å²) < 4.78 is 31.3. The number of morpholine rings is 1. The first kappa shape index (κ1) is 35.2. The monoisotopic (exact) mass is 687 g/mol. The summed E-state index contributed by atoms with van der Waals surface area (Å²) in [5, 5.41) is 23.8. The lowest BCUT2D eigenvalue weighted by Crippen LogP contribution is -2.60. The number of nitrogens with zero attached hydrogens (tertiary/aromatic N) is 1. The molecule has 5 saturated carbocycles. The van der Waals surface area contributed by atoms with E-state index in [0.717, 1.165) is 52.2 Å². The minimum absolute atomic E-state index is 0.0504. The van der Waals surface area contributed by atoms with Crippen LogP contribution in [0.5, 0.6) is 0 Å². The minimum atomic E-state index is -1.25. The molecule has 0 amide bonds. The van der Waals surface area contributed by atoms with Crippen LogP contribution in [0, 0.1) is 50.7 Å². The molecular weight excluding hydrogens is 622 g/mol. The van der Waals surface area contributed by atoms with Gasteiger partial charge in [-0.05, 0) is 111 Å². The van der Waals surface area contributed by atoms with Gasteiger partial charge in [-0.2, -0.15) is 0 Å². The van der Waals surface area contributed by atoms with Crippen LogP contribution in [0.1, 0.15) is 113 Å². The van der Waals surface area contributed by atoms with Gasteiger partial charge in [0.2, 0.25) is 0 Å². The Labute approximate surface area is 294 Å². The Hall–Kier alpha value is -0.810. The lowest BCUT2D eigenvalue weighted by molar-refractivity contribution is -0.256. The highest BCUT2D eigenvalue weighted by Crippen LogP contribution is 2.89. The van der Waals surface area contributed by atoms with Gasteiger partial charge in [0, 0.05) is 18.4 Å². The van der Waals surface area contributed by atoms with Gasteiger partial charge in [0.15, 0.2) is 12.4 Å². The van der Waals surface area contributed by atoms with Crippen molar-refractivity contribution >= 4 is 5.97 Å². The molecular formula is C40H65NO8. The van der Waals surface area contributed by atoms with Gasteiger partial charge in [0.1, 0.15) is 0 Å². The van der Waals surface area contributed by atoms with Crippen LogP contribution in [0.4, 0.5) is 0 Å². The number of fused-ring (bicyclic) bond motifs is 4. The summed E-state index contributed by atoms with van der Waals surface area (Å²) in [4.78, 5) is 15.0. The van der Waals surface area contributed by atoms with Gasteiger partial charge in [-0.25, -0.2) is 0 Å². The van der Waals surface area contributed by atoms with E-state index in [9.17, 15) is 15.0 Å². The zero-order valence-corrected chi connectivity index (χ0v) is 31.5. The fourth-order valence-electron chi connectivity index (χ4n) is 14.3. The fraction of sp³-hybridized carbons (Fsp3) is 0.975. The number of carbonyl (C=O) groups excluding carboxylic acids is 1. The third-order valence-electron chi connectivity index (χ3n) is 16.9. The van der Waals surface area contributed by atoms with Crippen LogP contribution in [-0.4, -0.2) is 102 Å². The second-order valence-electron chi connectivity index (χ2n) is 19.6. The molecule has 0 aromatic carbocycles. The van der Waals surface area contributed by atoms with Crippen molar-refractivity contribution in [2.24, 2.45) is 50.7 Å². The van der Waals surface area contributed by atoms with Crippen LogP contribution in [0.2, 0.25) is 0 Å². The summed E-state index contributed by atoms with van der Waals surface area (Å²) in [6, 6.07) is 0.508. The Balaban J connectivity index is 1.02. The van der Waals surface area contributed by atoms with Gasteiger partial charge in [-0.3, -0.25) is 9.69 Å². The number of carbonyl (C=O) groups is 1. The highest BCUT2D eigenvalue weighted by molar-refractivity contribution is 5.69. The van der Waals surface area contributed by atoms with Crippen molar-refractivity contribution in [2.75, 3.05) is 32.9 Å². The number of hydrogen-bond acceptors (Lipinski definition) is 9. The molecule has 3 aliphatic heterocycles. The van der Waals surface area contributed by atoms with E-state index in [-0.39, 0.29) is 64.4 Å². The Bertz CT molecular complexity index is 1300. The molecule has 0 aromatic heterocycles. The number of aliphatic hydroxyl groups is 2. The number of aliphatic hydroxyl groups excluding tert-OH is 1. The van der Waals surface area contributed by atoms with Crippen LogP contribution in [0.15, 0.2) is 0 Å². The summed E-state index contributed by atoms with van der Waals surface area (Å²) >= 11 is 0. The minimum Gasteiger partial charge on any atom is -0.457 e. The summed E-state index contributed by atoms with van der Waals surface area (Å²) in [6.07, 6.45) is 7.02. The highest BCUT2D eigenvalue weighted by atomic mass is 16.7. The van der Waals surface area contributed by atoms with Crippen molar-refractivity contribution < 1.29 is 38.7 Å². The normalized spacial score (nSPS) is 51.3. The van der Waals surface area contributed by atoms with Gasteiger partial charge in [-0.15, -0.1) is 0 Å². The SMILES string of the molecule is CCC(=O)O[C@@H]([C@H]1C[C@@H](C)[C@H]2[C@H](O1)[C@H](O)[C@@]1(C)[C@@H]3CC[C@H]4C(C)(C)[C@@H](O[C@H]5CN(C6COC6)CCO5)CC[C@@]45C[C@@]35CC[C@]21C)C(C)(C)O. The topological polar surface area (TPSA) is 107 Å². The molecule has 9 heteroatoms. The summed E-state index contributed by atoms with van der Waals surface area (Å²) in [5.41, 5.74) is -0.949. The second kappa shape index (κ2) is 11.6. The molecule has 3 saturated heterocycles. The third kappa shape index (κ3) is 4.83. The molecule has 0 unspecified atom stereocenters. The maximum Gasteiger partial charge on any atom is 0.305 e. The van der Waals surface area contributed by atoms with E-state index < -0.39 is 23.9 Å². The lowest BCUT2D eigenvalue weighted by Gasteiger charge is -2.64. The average molecular weight is 688 g/mol.